The van der Waals surface area contributed by atoms with E-state index in [1.165, 1.54) is 29.2 Å². The Kier molecular flexibility index (Phi) is 7.09. The van der Waals surface area contributed by atoms with Gasteiger partial charge in [0.1, 0.15) is 5.82 Å². The number of carbonyl (C=O) groups excluding carboxylic acids is 1. The first-order valence-electron chi connectivity index (χ1n) is 9.75. The Balaban J connectivity index is 1.16. The van der Waals surface area contributed by atoms with Crippen molar-refractivity contribution in [1.29, 1.82) is 0 Å². The SMILES string of the molecule is O=C(CSc1ccc(Cl)cc1)NCCN1CCN(c2nc3ccc(F)cc3s2)CC1. The number of fused-ring (bicyclic) bond motifs is 1. The Bertz CT molecular complexity index is 1010. The number of aromatic nitrogens is 1. The van der Waals surface area contributed by atoms with Crippen molar-refractivity contribution in [2.45, 2.75) is 4.90 Å². The summed E-state index contributed by atoms with van der Waals surface area (Å²) in [6.07, 6.45) is 0. The van der Waals surface area contributed by atoms with E-state index in [-0.39, 0.29) is 11.7 Å². The molecule has 30 heavy (non-hydrogen) atoms. The topological polar surface area (TPSA) is 48.5 Å². The second kappa shape index (κ2) is 9.96. The zero-order valence-electron chi connectivity index (χ0n) is 16.3. The van der Waals surface area contributed by atoms with Crippen molar-refractivity contribution in [2.24, 2.45) is 0 Å². The van der Waals surface area contributed by atoms with Gasteiger partial charge in [0.05, 0.1) is 16.0 Å². The maximum Gasteiger partial charge on any atom is 0.230 e. The first-order chi connectivity index (χ1) is 14.6. The van der Waals surface area contributed by atoms with Gasteiger partial charge in [0.25, 0.3) is 0 Å². The predicted octanol–water partition coefficient (Wildman–Crippen LogP) is 4.12. The molecule has 1 aromatic heterocycles. The van der Waals surface area contributed by atoms with Crippen LogP contribution in [0.3, 0.4) is 0 Å². The van der Waals surface area contributed by atoms with Gasteiger partial charge in [-0.05, 0) is 42.5 Å². The molecular weight excluding hydrogens is 443 g/mol. The molecule has 1 saturated heterocycles. The molecular formula is C21H22ClFN4OS2. The summed E-state index contributed by atoms with van der Waals surface area (Å²) in [4.78, 5) is 22.3. The van der Waals surface area contributed by atoms with Crippen LogP contribution in [0.2, 0.25) is 5.02 Å². The third-order valence-electron chi connectivity index (χ3n) is 4.92. The monoisotopic (exact) mass is 464 g/mol. The summed E-state index contributed by atoms with van der Waals surface area (Å²) in [5.74, 6) is 0.208. The summed E-state index contributed by atoms with van der Waals surface area (Å²) in [7, 11) is 0. The Hall–Kier alpha value is -1.87. The highest BCUT2D eigenvalue weighted by atomic mass is 35.5. The average molecular weight is 465 g/mol. The molecule has 0 saturated carbocycles. The van der Waals surface area contributed by atoms with Crippen LogP contribution in [0.5, 0.6) is 0 Å². The van der Waals surface area contributed by atoms with Crippen molar-refractivity contribution in [2.75, 3.05) is 49.9 Å². The van der Waals surface area contributed by atoms with Crippen molar-refractivity contribution < 1.29 is 9.18 Å². The lowest BCUT2D eigenvalue weighted by Gasteiger charge is -2.34. The average Bonchev–Trinajstić information content (AvgIpc) is 3.17. The number of amides is 1. The molecule has 1 fully saturated rings. The Morgan fingerprint density at radius 1 is 1.17 bits per heavy atom. The van der Waals surface area contributed by atoms with Crippen molar-refractivity contribution in [3.8, 4) is 0 Å². The van der Waals surface area contributed by atoms with Gasteiger partial charge in [0.15, 0.2) is 5.13 Å². The number of rotatable bonds is 7. The van der Waals surface area contributed by atoms with Crippen LogP contribution in [0.15, 0.2) is 47.4 Å². The third kappa shape index (κ3) is 5.63. The van der Waals surface area contributed by atoms with Gasteiger partial charge in [0.2, 0.25) is 5.91 Å². The summed E-state index contributed by atoms with van der Waals surface area (Å²) >= 11 is 8.91. The van der Waals surface area contributed by atoms with Gasteiger partial charge in [-0.1, -0.05) is 22.9 Å². The molecule has 2 heterocycles. The normalized spacial score (nSPS) is 14.9. The molecule has 1 aliphatic rings. The molecule has 1 aliphatic heterocycles. The van der Waals surface area contributed by atoms with Crippen LogP contribution in [0.25, 0.3) is 10.2 Å². The number of hydrogen-bond donors (Lipinski definition) is 1. The number of thiazole rings is 1. The summed E-state index contributed by atoms with van der Waals surface area (Å²) in [6.45, 7) is 5.06. The lowest BCUT2D eigenvalue weighted by molar-refractivity contribution is -0.118. The number of anilines is 1. The fraction of sp³-hybridized carbons (Fsp3) is 0.333. The quantitative estimate of drug-likeness (QED) is 0.533. The second-order valence-electron chi connectivity index (χ2n) is 7.03. The number of halogens is 2. The Morgan fingerprint density at radius 3 is 2.70 bits per heavy atom. The summed E-state index contributed by atoms with van der Waals surface area (Å²) in [6, 6.07) is 12.2. The van der Waals surface area contributed by atoms with E-state index in [2.05, 4.69) is 20.1 Å². The second-order valence-corrected chi connectivity index (χ2v) is 9.52. The van der Waals surface area contributed by atoms with Crippen molar-refractivity contribution in [3.63, 3.8) is 0 Å². The molecule has 0 spiro atoms. The predicted molar refractivity (Wildman–Crippen MR) is 123 cm³/mol. The molecule has 1 amide bonds. The van der Waals surface area contributed by atoms with Crippen molar-refractivity contribution >= 4 is 56.0 Å². The van der Waals surface area contributed by atoms with Crippen molar-refractivity contribution in [1.82, 2.24) is 15.2 Å². The van der Waals surface area contributed by atoms with Gasteiger partial charge >= 0.3 is 0 Å². The number of thioether (sulfide) groups is 1. The third-order valence-corrected chi connectivity index (χ3v) is 7.26. The molecule has 0 aliphatic carbocycles. The highest BCUT2D eigenvalue weighted by Crippen LogP contribution is 2.29. The number of benzene rings is 2. The number of carbonyl (C=O) groups is 1. The van der Waals surface area contributed by atoms with E-state index in [4.69, 9.17) is 11.6 Å². The van der Waals surface area contributed by atoms with Crippen LogP contribution in [0.1, 0.15) is 0 Å². The molecule has 1 N–H and O–H groups in total. The minimum Gasteiger partial charge on any atom is -0.354 e. The molecule has 4 rings (SSSR count). The minimum atomic E-state index is -0.226. The zero-order chi connectivity index (χ0) is 20.9. The van der Waals surface area contributed by atoms with Crippen LogP contribution in [-0.4, -0.2) is 60.8 Å². The largest absolute Gasteiger partial charge is 0.354 e. The van der Waals surface area contributed by atoms with Crippen LogP contribution in [0.4, 0.5) is 9.52 Å². The van der Waals surface area contributed by atoms with E-state index in [0.29, 0.717) is 17.3 Å². The molecule has 0 unspecified atom stereocenters. The summed E-state index contributed by atoms with van der Waals surface area (Å²) in [5.41, 5.74) is 0.845. The van der Waals surface area contributed by atoms with E-state index in [9.17, 15) is 9.18 Å². The van der Waals surface area contributed by atoms with Gasteiger partial charge in [-0.3, -0.25) is 9.69 Å². The van der Waals surface area contributed by atoms with E-state index in [1.807, 2.05) is 24.3 Å². The van der Waals surface area contributed by atoms with Crippen LogP contribution in [-0.2, 0) is 4.79 Å². The van der Waals surface area contributed by atoms with Crippen LogP contribution in [0, 0.1) is 5.82 Å². The highest BCUT2D eigenvalue weighted by molar-refractivity contribution is 8.00. The smallest absolute Gasteiger partial charge is 0.230 e. The Morgan fingerprint density at radius 2 is 1.93 bits per heavy atom. The number of hydrogen-bond acceptors (Lipinski definition) is 6. The molecule has 0 bridgehead atoms. The van der Waals surface area contributed by atoms with Crippen LogP contribution >= 0.6 is 34.7 Å². The van der Waals surface area contributed by atoms with E-state index < -0.39 is 0 Å². The maximum absolute atomic E-state index is 13.4. The highest BCUT2D eigenvalue weighted by Gasteiger charge is 2.20. The fourth-order valence-corrected chi connectivity index (χ4v) is 5.16. The van der Waals surface area contributed by atoms with Crippen LogP contribution < -0.4 is 10.2 Å². The Labute approximate surface area is 188 Å². The minimum absolute atomic E-state index is 0.0373. The molecule has 0 atom stereocenters. The molecule has 0 radical (unpaired) electrons. The van der Waals surface area contributed by atoms with E-state index in [0.717, 1.165) is 53.0 Å². The number of piperazine rings is 1. The van der Waals surface area contributed by atoms with Gasteiger partial charge < -0.3 is 10.2 Å². The van der Waals surface area contributed by atoms with Gasteiger partial charge in [0, 0.05) is 49.2 Å². The number of nitrogens with one attached hydrogen (secondary N) is 1. The molecule has 3 aromatic rings. The molecule has 5 nitrogen and oxygen atoms in total. The zero-order valence-corrected chi connectivity index (χ0v) is 18.7. The lowest BCUT2D eigenvalue weighted by Crippen LogP contribution is -2.48. The van der Waals surface area contributed by atoms with E-state index >= 15 is 0 Å². The fourth-order valence-electron chi connectivity index (χ4n) is 3.27. The molecule has 158 valence electrons. The van der Waals surface area contributed by atoms with Gasteiger partial charge in [-0.25, -0.2) is 9.37 Å². The maximum atomic E-state index is 13.4. The first kappa shape index (κ1) is 21.4. The van der Waals surface area contributed by atoms with E-state index in [1.54, 1.807) is 12.1 Å². The summed E-state index contributed by atoms with van der Waals surface area (Å²) < 4.78 is 14.3. The standard InChI is InChI=1S/C21H22ClFN4OS2/c22-15-1-4-17(5-2-15)29-14-20(28)24-7-8-26-9-11-27(12-10-26)21-25-18-6-3-16(23)13-19(18)30-21/h1-6,13H,7-12,14H2,(H,24,28). The summed E-state index contributed by atoms with van der Waals surface area (Å²) in [5, 5.41) is 4.63. The lowest BCUT2D eigenvalue weighted by atomic mass is 10.3. The number of nitrogens with zero attached hydrogens (tertiary/aromatic N) is 3. The molecule has 9 heteroatoms. The molecule has 2 aromatic carbocycles. The van der Waals surface area contributed by atoms with Crippen molar-refractivity contribution in [3.05, 3.63) is 53.3 Å². The van der Waals surface area contributed by atoms with Gasteiger partial charge in [-0.2, -0.15) is 0 Å². The van der Waals surface area contributed by atoms with Gasteiger partial charge in [-0.15, -0.1) is 11.8 Å². The first-order valence-corrected chi connectivity index (χ1v) is 11.9.